The van der Waals surface area contributed by atoms with E-state index in [1.54, 1.807) is 13.8 Å². The molecule has 1 saturated heterocycles. The molecule has 0 bridgehead atoms. The second-order valence-electron chi connectivity index (χ2n) is 5.40. The number of esters is 1. The van der Waals surface area contributed by atoms with E-state index in [-0.39, 0.29) is 48.3 Å². The fourth-order valence-electron chi connectivity index (χ4n) is 2.55. The van der Waals surface area contributed by atoms with Crippen LogP contribution in [0.4, 0.5) is 0 Å². The molecular weight excluding hydrogens is 254 g/mol. The van der Waals surface area contributed by atoms with Crippen LogP contribution in [0.1, 0.15) is 26.7 Å². The van der Waals surface area contributed by atoms with Gasteiger partial charge in [-0.1, -0.05) is 13.8 Å². The molecule has 4 atom stereocenters. The number of carbonyl (C=O) groups excluding carboxylic acids is 1. The second kappa shape index (κ2) is 5.83. The summed E-state index contributed by atoms with van der Waals surface area (Å²) in [4.78, 5) is 22.2. The molecule has 2 fully saturated rings. The van der Waals surface area contributed by atoms with Crippen molar-refractivity contribution in [1.82, 2.24) is 0 Å². The molecule has 0 radical (unpaired) electrons. The molecule has 0 amide bonds. The van der Waals surface area contributed by atoms with Crippen molar-refractivity contribution in [2.24, 2.45) is 11.8 Å². The van der Waals surface area contributed by atoms with E-state index in [4.69, 9.17) is 14.2 Å². The highest BCUT2D eigenvalue weighted by Gasteiger charge is 2.47. The highest BCUT2D eigenvalue weighted by molar-refractivity contribution is 5.71. The first kappa shape index (κ1) is 14.2. The lowest BCUT2D eigenvalue weighted by Crippen LogP contribution is -2.46. The molecule has 7 nitrogen and oxygen atoms in total. The van der Waals surface area contributed by atoms with E-state index in [9.17, 15) is 14.9 Å². The Morgan fingerprint density at radius 1 is 1.37 bits per heavy atom. The standard InChI is InChI=1S/C12H19NO6/c1-7(2)12(14)17-5-8-3-10-11(19-6-18-10)4-9(8)13(15)16/h7-11H,3-6H2,1-2H3. The molecule has 2 aliphatic rings. The van der Waals surface area contributed by atoms with E-state index in [0.717, 1.165) is 0 Å². The van der Waals surface area contributed by atoms with Gasteiger partial charge in [-0.2, -0.15) is 0 Å². The molecule has 108 valence electrons. The molecule has 0 aromatic carbocycles. The Morgan fingerprint density at radius 2 is 2.00 bits per heavy atom. The smallest absolute Gasteiger partial charge is 0.308 e. The van der Waals surface area contributed by atoms with E-state index < -0.39 is 6.04 Å². The molecule has 0 aromatic rings. The normalized spacial score (nSPS) is 34.1. The van der Waals surface area contributed by atoms with Gasteiger partial charge < -0.3 is 14.2 Å². The SMILES string of the molecule is CC(C)C(=O)OCC1CC2OCOC2CC1[N+](=O)[O-]. The van der Waals surface area contributed by atoms with Gasteiger partial charge in [0.05, 0.1) is 24.0 Å². The average molecular weight is 273 g/mol. The maximum absolute atomic E-state index is 11.4. The third kappa shape index (κ3) is 3.22. The van der Waals surface area contributed by atoms with E-state index in [0.29, 0.717) is 12.8 Å². The summed E-state index contributed by atoms with van der Waals surface area (Å²) in [5, 5.41) is 11.1. The monoisotopic (exact) mass is 273 g/mol. The Labute approximate surface area is 111 Å². The summed E-state index contributed by atoms with van der Waals surface area (Å²) < 4.78 is 15.8. The van der Waals surface area contributed by atoms with Gasteiger partial charge in [-0.25, -0.2) is 0 Å². The van der Waals surface area contributed by atoms with Crippen LogP contribution in [0.25, 0.3) is 0 Å². The van der Waals surface area contributed by atoms with Crippen molar-refractivity contribution in [3.8, 4) is 0 Å². The summed E-state index contributed by atoms with van der Waals surface area (Å²) in [7, 11) is 0. The first-order chi connectivity index (χ1) is 8.99. The quantitative estimate of drug-likeness (QED) is 0.431. The van der Waals surface area contributed by atoms with Crippen molar-refractivity contribution in [2.45, 2.75) is 44.9 Å². The van der Waals surface area contributed by atoms with Crippen LogP contribution < -0.4 is 0 Å². The largest absolute Gasteiger partial charge is 0.465 e. The van der Waals surface area contributed by atoms with Gasteiger partial charge in [0.2, 0.25) is 6.04 Å². The predicted octanol–water partition coefficient (Wildman–Crippen LogP) is 0.982. The Hall–Kier alpha value is -1.21. The van der Waals surface area contributed by atoms with Gasteiger partial charge in [0.25, 0.3) is 0 Å². The minimum Gasteiger partial charge on any atom is -0.465 e. The summed E-state index contributed by atoms with van der Waals surface area (Å²) in [6.45, 7) is 3.74. The lowest BCUT2D eigenvalue weighted by atomic mass is 9.82. The fourth-order valence-corrected chi connectivity index (χ4v) is 2.55. The number of fused-ring (bicyclic) bond motifs is 1. The summed E-state index contributed by atoms with van der Waals surface area (Å²) >= 11 is 0. The Balaban J connectivity index is 1.95. The summed E-state index contributed by atoms with van der Waals surface area (Å²) in [5.41, 5.74) is 0. The summed E-state index contributed by atoms with van der Waals surface area (Å²) in [6.07, 6.45) is 0.509. The van der Waals surface area contributed by atoms with Gasteiger partial charge in [-0.3, -0.25) is 14.9 Å². The van der Waals surface area contributed by atoms with Crippen LogP contribution in [-0.2, 0) is 19.0 Å². The molecule has 7 heteroatoms. The fraction of sp³-hybridized carbons (Fsp3) is 0.917. The molecule has 4 unspecified atom stereocenters. The molecule has 19 heavy (non-hydrogen) atoms. The van der Waals surface area contributed by atoms with Crippen LogP contribution in [0.15, 0.2) is 0 Å². The molecule has 1 heterocycles. The zero-order chi connectivity index (χ0) is 14.0. The Kier molecular flexibility index (Phi) is 4.36. The Bertz CT molecular complexity index is 358. The lowest BCUT2D eigenvalue weighted by Gasteiger charge is -2.31. The van der Waals surface area contributed by atoms with Crippen molar-refractivity contribution in [3.05, 3.63) is 10.1 Å². The highest BCUT2D eigenvalue weighted by Crippen LogP contribution is 2.34. The number of nitro groups is 1. The third-order valence-electron chi connectivity index (χ3n) is 3.71. The number of ether oxygens (including phenoxy) is 3. The van der Waals surface area contributed by atoms with Gasteiger partial charge in [0.1, 0.15) is 13.4 Å². The number of hydrogen-bond donors (Lipinski definition) is 0. The van der Waals surface area contributed by atoms with Gasteiger partial charge in [-0.05, 0) is 6.42 Å². The Morgan fingerprint density at radius 3 is 2.58 bits per heavy atom. The molecule has 0 aromatic heterocycles. The van der Waals surface area contributed by atoms with Crippen molar-refractivity contribution in [3.63, 3.8) is 0 Å². The predicted molar refractivity (Wildman–Crippen MR) is 63.9 cm³/mol. The topological polar surface area (TPSA) is 87.9 Å². The van der Waals surface area contributed by atoms with Crippen LogP contribution in [0.2, 0.25) is 0 Å². The summed E-state index contributed by atoms with van der Waals surface area (Å²) in [6, 6.07) is -0.733. The second-order valence-corrected chi connectivity index (χ2v) is 5.40. The van der Waals surface area contributed by atoms with Gasteiger partial charge in [-0.15, -0.1) is 0 Å². The minimum absolute atomic E-state index is 0.0786. The maximum Gasteiger partial charge on any atom is 0.308 e. The molecule has 0 N–H and O–H groups in total. The molecule has 1 aliphatic carbocycles. The number of nitrogens with zero attached hydrogens (tertiary/aromatic N) is 1. The minimum atomic E-state index is -0.733. The summed E-state index contributed by atoms with van der Waals surface area (Å²) in [5.74, 6) is -0.857. The van der Waals surface area contributed by atoms with Gasteiger partial charge in [0.15, 0.2) is 0 Å². The number of hydrogen-bond acceptors (Lipinski definition) is 6. The first-order valence-corrected chi connectivity index (χ1v) is 6.52. The van der Waals surface area contributed by atoms with Crippen LogP contribution in [0.5, 0.6) is 0 Å². The molecular formula is C12H19NO6. The first-order valence-electron chi connectivity index (χ1n) is 6.52. The molecule has 1 saturated carbocycles. The molecule has 1 aliphatic heterocycles. The zero-order valence-electron chi connectivity index (χ0n) is 11.1. The van der Waals surface area contributed by atoms with Crippen molar-refractivity contribution < 1.29 is 23.9 Å². The van der Waals surface area contributed by atoms with Crippen molar-refractivity contribution >= 4 is 5.97 Å². The highest BCUT2D eigenvalue weighted by atomic mass is 16.7. The van der Waals surface area contributed by atoms with Crippen LogP contribution in [0.3, 0.4) is 0 Å². The van der Waals surface area contributed by atoms with E-state index >= 15 is 0 Å². The van der Waals surface area contributed by atoms with E-state index in [1.165, 1.54) is 0 Å². The maximum atomic E-state index is 11.4. The number of rotatable bonds is 4. The molecule has 0 spiro atoms. The molecule has 2 rings (SSSR count). The van der Waals surface area contributed by atoms with Crippen molar-refractivity contribution in [2.75, 3.05) is 13.4 Å². The van der Waals surface area contributed by atoms with Crippen LogP contribution >= 0.6 is 0 Å². The average Bonchev–Trinajstić information content (AvgIpc) is 2.81. The van der Waals surface area contributed by atoms with Gasteiger partial charge >= 0.3 is 5.97 Å². The van der Waals surface area contributed by atoms with E-state index in [1.807, 2.05) is 0 Å². The lowest BCUT2D eigenvalue weighted by molar-refractivity contribution is -0.539. The van der Waals surface area contributed by atoms with Crippen molar-refractivity contribution in [1.29, 1.82) is 0 Å². The van der Waals surface area contributed by atoms with E-state index in [2.05, 4.69) is 0 Å². The van der Waals surface area contributed by atoms with Crippen LogP contribution in [0, 0.1) is 22.0 Å². The number of carbonyl (C=O) groups is 1. The zero-order valence-corrected chi connectivity index (χ0v) is 11.1. The third-order valence-corrected chi connectivity index (χ3v) is 3.71. The van der Waals surface area contributed by atoms with Gasteiger partial charge in [0, 0.05) is 11.3 Å². The van der Waals surface area contributed by atoms with Crippen LogP contribution in [-0.4, -0.2) is 42.5 Å².